The van der Waals surface area contributed by atoms with Crippen LogP contribution in [0.15, 0.2) is 34.9 Å². The maximum atomic E-state index is 12.1. The first kappa shape index (κ1) is 16.9. The molecule has 3 N–H and O–H groups in total. The number of benzene rings is 1. The van der Waals surface area contributed by atoms with Gasteiger partial charge in [-0.05, 0) is 31.9 Å². The SMILES string of the molecule is Cc1noc(C)c1NC(=O)NC[C@H](Nc1ccccc1)C(C)C. The summed E-state index contributed by atoms with van der Waals surface area (Å²) in [5.41, 5.74) is 2.33. The van der Waals surface area contributed by atoms with E-state index in [1.54, 1.807) is 13.8 Å². The summed E-state index contributed by atoms with van der Waals surface area (Å²) >= 11 is 0. The number of rotatable bonds is 6. The number of hydrogen-bond acceptors (Lipinski definition) is 4. The zero-order valence-electron chi connectivity index (χ0n) is 14.0. The highest BCUT2D eigenvalue weighted by molar-refractivity contribution is 5.90. The first-order valence-corrected chi connectivity index (χ1v) is 7.76. The molecule has 124 valence electrons. The Morgan fingerprint density at radius 1 is 1.22 bits per heavy atom. The van der Waals surface area contributed by atoms with Crippen molar-refractivity contribution in [2.45, 2.75) is 33.7 Å². The van der Waals surface area contributed by atoms with Gasteiger partial charge < -0.3 is 20.5 Å². The first-order valence-electron chi connectivity index (χ1n) is 7.76. The fourth-order valence-electron chi connectivity index (χ4n) is 2.22. The monoisotopic (exact) mass is 316 g/mol. The molecule has 0 aliphatic carbocycles. The molecule has 0 fully saturated rings. The molecule has 1 aromatic heterocycles. The third-order valence-corrected chi connectivity index (χ3v) is 3.69. The van der Waals surface area contributed by atoms with Gasteiger partial charge in [-0.2, -0.15) is 0 Å². The number of anilines is 2. The summed E-state index contributed by atoms with van der Waals surface area (Å²) in [4.78, 5) is 12.1. The van der Waals surface area contributed by atoms with Crippen LogP contribution in [0.25, 0.3) is 0 Å². The van der Waals surface area contributed by atoms with Crippen molar-refractivity contribution in [1.82, 2.24) is 10.5 Å². The Bertz CT molecular complexity index is 618. The summed E-state index contributed by atoms with van der Waals surface area (Å²) in [7, 11) is 0. The molecule has 2 amide bonds. The van der Waals surface area contributed by atoms with E-state index in [1.165, 1.54) is 0 Å². The lowest BCUT2D eigenvalue weighted by molar-refractivity contribution is 0.251. The summed E-state index contributed by atoms with van der Waals surface area (Å²) in [6.45, 7) is 8.31. The average Bonchev–Trinajstić information content (AvgIpc) is 2.84. The van der Waals surface area contributed by atoms with Crippen LogP contribution in [0, 0.1) is 19.8 Å². The molecular weight excluding hydrogens is 292 g/mol. The van der Waals surface area contributed by atoms with Crippen LogP contribution in [0.5, 0.6) is 0 Å². The normalized spacial score (nSPS) is 12.0. The zero-order valence-corrected chi connectivity index (χ0v) is 14.0. The Balaban J connectivity index is 1.90. The van der Waals surface area contributed by atoms with E-state index in [0.717, 1.165) is 5.69 Å². The fraction of sp³-hybridized carbons (Fsp3) is 0.412. The van der Waals surface area contributed by atoms with Crippen molar-refractivity contribution in [3.8, 4) is 0 Å². The molecule has 1 atom stereocenters. The molecule has 6 nitrogen and oxygen atoms in total. The predicted molar refractivity (Wildman–Crippen MR) is 91.7 cm³/mol. The van der Waals surface area contributed by atoms with Crippen LogP contribution in [0.3, 0.4) is 0 Å². The topological polar surface area (TPSA) is 79.2 Å². The molecule has 0 saturated carbocycles. The van der Waals surface area contributed by atoms with Gasteiger partial charge in [-0.15, -0.1) is 0 Å². The molecule has 0 radical (unpaired) electrons. The number of hydrogen-bond donors (Lipinski definition) is 3. The molecule has 0 unspecified atom stereocenters. The highest BCUT2D eigenvalue weighted by Gasteiger charge is 2.16. The largest absolute Gasteiger partial charge is 0.380 e. The molecule has 0 aliphatic rings. The third kappa shape index (κ3) is 4.74. The number of nitrogens with one attached hydrogen (secondary N) is 3. The second kappa shape index (κ2) is 7.67. The number of para-hydroxylation sites is 1. The van der Waals surface area contributed by atoms with Gasteiger partial charge >= 0.3 is 6.03 Å². The fourth-order valence-corrected chi connectivity index (χ4v) is 2.22. The number of carbonyl (C=O) groups excluding carboxylic acids is 1. The van der Waals surface area contributed by atoms with Gasteiger partial charge in [0.05, 0.1) is 0 Å². The number of aryl methyl sites for hydroxylation is 2. The standard InChI is InChI=1S/C17H24N4O2/c1-11(2)15(19-14-8-6-5-7-9-14)10-18-17(22)20-16-12(3)21-23-13(16)4/h5-9,11,15,19H,10H2,1-4H3,(H2,18,20,22)/t15-/m0/s1. The molecule has 1 heterocycles. The Morgan fingerprint density at radius 2 is 1.91 bits per heavy atom. The molecule has 23 heavy (non-hydrogen) atoms. The van der Waals surface area contributed by atoms with Crippen molar-refractivity contribution in [2.24, 2.45) is 5.92 Å². The maximum absolute atomic E-state index is 12.1. The van der Waals surface area contributed by atoms with Gasteiger partial charge in [0.15, 0.2) is 5.76 Å². The second-order valence-corrected chi connectivity index (χ2v) is 5.90. The Kier molecular flexibility index (Phi) is 5.62. The van der Waals surface area contributed by atoms with Gasteiger partial charge in [-0.1, -0.05) is 37.2 Å². The van der Waals surface area contributed by atoms with Gasteiger partial charge in [0.2, 0.25) is 0 Å². The van der Waals surface area contributed by atoms with Crippen LogP contribution in [0.1, 0.15) is 25.3 Å². The lowest BCUT2D eigenvalue weighted by atomic mass is 10.0. The van der Waals surface area contributed by atoms with Crippen molar-refractivity contribution >= 4 is 17.4 Å². The Labute approximate surface area is 136 Å². The van der Waals surface area contributed by atoms with Gasteiger partial charge in [0.25, 0.3) is 0 Å². The molecule has 0 saturated heterocycles. The second-order valence-electron chi connectivity index (χ2n) is 5.90. The van der Waals surface area contributed by atoms with E-state index in [4.69, 9.17) is 4.52 Å². The zero-order chi connectivity index (χ0) is 16.8. The summed E-state index contributed by atoms with van der Waals surface area (Å²) in [6.07, 6.45) is 0. The van der Waals surface area contributed by atoms with Crippen molar-refractivity contribution in [3.63, 3.8) is 0 Å². The number of urea groups is 1. The van der Waals surface area contributed by atoms with Crippen molar-refractivity contribution in [2.75, 3.05) is 17.2 Å². The Morgan fingerprint density at radius 3 is 2.48 bits per heavy atom. The van der Waals surface area contributed by atoms with E-state index in [1.807, 2.05) is 30.3 Å². The Hall–Kier alpha value is -2.50. The van der Waals surface area contributed by atoms with Crippen molar-refractivity contribution in [1.29, 1.82) is 0 Å². The van der Waals surface area contributed by atoms with E-state index in [-0.39, 0.29) is 12.1 Å². The summed E-state index contributed by atoms with van der Waals surface area (Å²) in [5.74, 6) is 0.968. The predicted octanol–water partition coefficient (Wildman–Crippen LogP) is 3.55. The van der Waals surface area contributed by atoms with Crippen LogP contribution in [0.2, 0.25) is 0 Å². The quantitative estimate of drug-likeness (QED) is 0.761. The van der Waals surface area contributed by atoms with Gasteiger partial charge in [-0.25, -0.2) is 4.79 Å². The highest BCUT2D eigenvalue weighted by atomic mass is 16.5. The highest BCUT2D eigenvalue weighted by Crippen LogP contribution is 2.18. The van der Waals surface area contributed by atoms with Crippen molar-refractivity contribution < 1.29 is 9.32 Å². The van der Waals surface area contributed by atoms with Crippen LogP contribution in [-0.4, -0.2) is 23.8 Å². The molecule has 2 aromatic rings. The molecule has 0 aliphatic heterocycles. The number of amides is 2. The van der Waals surface area contributed by atoms with Crippen LogP contribution < -0.4 is 16.0 Å². The molecule has 0 bridgehead atoms. The first-order chi connectivity index (χ1) is 11.0. The lowest BCUT2D eigenvalue weighted by Gasteiger charge is -2.24. The molecule has 1 aromatic carbocycles. The average molecular weight is 316 g/mol. The van der Waals surface area contributed by atoms with Gasteiger partial charge in [-0.3, -0.25) is 0 Å². The minimum Gasteiger partial charge on any atom is -0.380 e. The minimum atomic E-state index is -0.264. The van der Waals surface area contributed by atoms with E-state index < -0.39 is 0 Å². The molecule has 2 rings (SSSR count). The van der Waals surface area contributed by atoms with Gasteiger partial charge in [0, 0.05) is 18.3 Å². The molecule has 0 spiro atoms. The van der Waals surface area contributed by atoms with E-state index >= 15 is 0 Å². The van der Waals surface area contributed by atoms with E-state index in [9.17, 15) is 4.79 Å². The smallest absolute Gasteiger partial charge is 0.319 e. The minimum absolute atomic E-state index is 0.132. The van der Waals surface area contributed by atoms with Crippen LogP contribution >= 0.6 is 0 Å². The summed E-state index contributed by atoms with van der Waals surface area (Å²) in [5, 5.41) is 12.9. The summed E-state index contributed by atoms with van der Waals surface area (Å²) in [6, 6.07) is 9.84. The number of aromatic nitrogens is 1. The number of nitrogens with zero attached hydrogens (tertiary/aromatic N) is 1. The molecule has 6 heteroatoms. The van der Waals surface area contributed by atoms with E-state index in [0.29, 0.717) is 29.6 Å². The maximum Gasteiger partial charge on any atom is 0.319 e. The lowest BCUT2D eigenvalue weighted by Crippen LogP contribution is -2.41. The summed E-state index contributed by atoms with van der Waals surface area (Å²) < 4.78 is 5.03. The van der Waals surface area contributed by atoms with Crippen molar-refractivity contribution in [3.05, 3.63) is 41.8 Å². The van der Waals surface area contributed by atoms with E-state index in [2.05, 4.69) is 35.0 Å². The van der Waals surface area contributed by atoms with Crippen LogP contribution in [0.4, 0.5) is 16.2 Å². The van der Waals surface area contributed by atoms with Crippen LogP contribution in [-0.2, 0) is 0 Å². The van der Waals surface area contributed by atoms with Gasteiger partial charge in [0.1, 0.15) is 11.4 Å². The number of carbonyl (C=O) groups is 1. The third-order valence-electron chi connectivity index (χ3n) is 3.69. The molecular formula is C17H24N4O2.